The van der Waals surface area contributed by atoms with E-state index in [1.54, 1.807) is 0 Å². The fourth-order valence-corrected chi connectivity index (χ4v) is 3.60. The van der Waals surface area contributed by atoms with Gasteiger partial charge in [-0.2, -0.15) is 0 Å². The van der Waals surface area contributed by atoms with Crippen molar-refractivity contribution in [3.63, 3.8) is 0 Å². The van der Waals surface area contributed by atoms with Crippen LogP contribution in [0.25, 0.3) is 11.1 Å². The average Bonchev–Trinajstić information content (AvgIpc) is 2.95. The number of nitrogens with two attached hydrogens (primary N) is 1. The monoisotopic (exact) mass is 415 g/mol. The second kappa shape index (κ2) is 6.91. The van der Waals surface area contributed by atoms with E-state index in [1.807, 2.05) is 0 Å². The molecule has 0 radical (unpaired) electrons. The third kappa shape index (κ3) is 3.53. The Morgan fingerprint density at radius 2 is 1.78 bits per heavy atom. The summed E-state index contributed by atoms with van der Waals surface area (Å²) in [5.41, 5.74) is 0.563. The third-order valence-corrected chi connectivity index (χ3v) is 5.20. The highest BCUT2D eigenvalue weighted by atomic mass is 35.5. The minimum Gasteiger partial charge on any atom is -0.495 e. The molecule has 2 aromatic rings. The van der Waals surface area contributed by atoms with Gasteiger partial charge in [0, 0.05) is 5.57 Å². The normalized spacial score (nSPS) is 14.5. The Labute approximate surface area is 158 Å². The molecule has 1 aliphatic heterocycles. The number of carbonyl (C=O) groups excluding carboxylic acids is 1. The number of methoxy groups -OCH3 is 1. The number of hydrogen-bond donors (Lipinski definition) is 1. The van der Waals surface area contributed by atoms with Gasteiger partial charge in [0.1, 0.15) is 24.0 Å². The number of cyclic esters (lactones) is 1. The quantitative estimate of drug-likeness (QED) is 0.774. The van der Waals surface area contributed by atoms with Crippen LogP contribution in [-0.2, 0) is 19.6 Å². The number of halogens is 3. The number of sulfonamides is 1. The summed E-state index contributed by atoms with van der Waals surface area (Å²) >= 11 is 5.97. The Hall–Kier alpha value is -2.49. The topological polar surface area (TPSA) is 95.7 Å². The molecule has 3 rings (SSSR count). The first kappa shape index (κ1) is 19.3. The molecule has 0 fully saturated rings. The van der Waals surface area contributed by atoms with Gasteiger partial charge in [-0.25, -0.2) is 27.1 Å². The Morgan fingerprint density at radius 1 is 1.15 bits per heavy atom. The van der Waals surface area contributed by atoms with E-state index in [0.29, 0.717) is 16.3 Å². The van der Waals surface area contributed by atoms with Crippen LogP contribution in [0, 0.1) is 11.6 Å². The Morgan fingerprint density at radius 3 is 2.33 bits per heavy atom. The van der Waals surface area contributed by atoms with Gasteiger partial charge in [0.15, 0.2) is 4.90 Å². The van der Waals surface area contributed by atoms with Gasteiger partial charge in [-0.15, -0.1) is 0 Å². The maximum Gasteiger partial charge on any atom is 0.339 e. The summed E-state index contributed by atoms with van der Waals surface area (Å²) in [5.74, 6) is -3.15. The summed E-state index contributed by atoms with van der Waals surface area (Å²) in [6.07, 6.45) is 0. The van der Waals surface area contributed by atoms with Gasteiger partial charge in [0.25, 0.3) is 0 Å². The van der Waals surface area contributed by atoms with E-state index >= 15 is 0 Å². The van der Waals surface area contributed by atoms with Crippen molar-refractivity contribution in [1.29, 1.82) is 0 Å². The lowest BCUT2D eigenvalue weighted by molar-refractivity contribution is -0.133. The molecule has 27 heavy (non-hydrogen) atoms. The smallest absolute Gasteiger partial charge is 0.339 e. The summed E-state index contributed by atoms with van der Waals surface area (Å²) < 4.78 is 61.1. The maximum atomic E-state index is 14.2. The fraction of sp³-hybridized carbons (Fsp3) is 0.118. The lowest BCUT2D eigenvalue weighted by Gasteiger charge is -2.09. The van der Waals surface area contributed by atoms with Crippen LogP contribution in [0.5, 0.6) is 5.75 Å². The SMILES string of the molecule is COc1cc(C2=C(c3cc(F)c(S(N)(=O)=O)c(F)c3)COC2=O)ccc1Cl. The van der Waals surface area contributed by atoms with Crippen LogP contribution in [0.3, 0.4) is 0 Å². The zero-order valence-corrected chi connectivity index (χ0v) is 15.3. The first-order valence-corrected chi connectivity index (χ1v) is 9.32. The highest BCUT2D eigenvalue weighted by Crippen LogP contribution is 2.37. The minimum absolute atomic E-state index is 0.0489. The second-order valence-corrected chi connectivity index (χ2v) is 7.50. The van der Waals surface area contributed by atoms with E-state index in [9.17, 15) is 22.0 Å². The molecule has 2 aromatic carbocycles. The van der Waals surface area contributed by atoms with Crippen molar-refractivity contribution in [3.05, 3.63) is 58.1 Å². The molecule has 0 spiro atoms. The molecule has 10 heteroatoms. The number of esters is 1. The molecular weight excluding hydrogens is 404 g/mol. The van der Waals surface area contributed by atoms with Crippen LogP contribution in [-0.4, -0.2) is 28.1 Å². The van der Waals surface area contributed by atoms with Gasteiger partial charge in [0.2, 0.25) is 10.0 Å². The van der Waals surface area contributed by atoms with Crippen molar-refractivity contribution in [2.45, 2.75) is 4.90 Å². The Kier molecular flexibility index (Phi) is 4.94. The molecule has 0 bridgehead atoms. The molecule has 2 N–H and O–H groups in total. The van der Waals surface area contributed by atoms with Gasteiger partial charge in [0.05, 0.1) is 17.7 Å². The maximum absolute atomic E-state index is 14.2. The van der Waals surface area contributed by atoms with E-state index in [-0.39, 0.29) is 23.3 Å². The number of hydrogen-bond acceptors (Lipinski definition) is 5. The number of benzene rings is 2. The van der Waals surface area contributed by atoms with Crippen LogP contribution < -0.4 is 9.88 Å². The largest absolute Gasteiger partial charge is 0.495 e. The molecule has 0 aliphatic carbocycles. The average molecular weight is 416 g/mol. The first-order valence-electron chi connectivity index (χ1n) is 7.40. The molecule has 0 saturated heterocycles. The number of carbonyl (C=O) groups is 1. The molecule has 0 amide bonds. The highest BCUT2D eigenvalue weighted by molar-refractivity contribution is 7.89. The Balaban J connectivity index is 2.21. The van der Waals surface area contributed by atoms with Crippen LogP contribution in [0.4, 0.5) is 8.78 Å². The number of ether oxygens (including phenoxy) is 2. The summed E-state index contributed by atoms with van der Waals surface area (Å²) in [4.78, 5) is 10.9. The lowest BCUT2D eigenvalue weighted by Crippen LogP contribution is -2.16. The van der Waals surface area contributed by atoms with Crippen molar-refractivity contribution in [2.24, 2.45) is 5.14 Å². The van der Waals surface area contributed by atoms with Crippen LogP contribution in [0.2, 0.25) is 5.02 Å². The van der Waals surface area contributed by atoms with Crippen molar-refractivity contribution in [1.82, 2.24) is 0 Å². The van der Waals surface area contributed by atoms with Gasteiger partial charge >= 0.3 is 5.97 Å². The fourth-order valence-electron chi connectivity index (χ4n) is 2.75. The first-order chi connectivity index (χ1) is 12.6. The predicted octanol–water partition coefficient (Wildman–Crippen LogP) is 2.74. The van der Waals surface area contributed by atoms with E-state index in [1.165, 1.54) is 25.3 Å². The van der Waals surface area contributed by atoms with Crippen LogP contribution in [0.1, 0.15) is 11.1 Å². The number of primary sulfonamides is 1. The molecule has 0 atom stereocenters. The highest BCUT2D eigenvalue weighted by Gasteiger charge is 2.30. The van der Waals surface area contributed by atoms with E-state index in [0.717, 1.165) is 12.1 Å². The van der Waals surface area contributed by atoms with E-state index in [2.05, 4.69) is 0 Å². The van der Waals surface area contributed by atoms with Crippen molar-refractivity contribution in [3.8, 4) is 5.75 Å². The predicted molar refractivity (Wildman–Crippen MR) is 93.5 cm³/mol. The zero-order valence-electron chi connectivity index (χ0n) is 13.8. The van der Waals surface area contributed by atoms with Gasteiger partial charge in [-0.05, 0) is 35.4 Å². The zero-order chi connectivity index (χ0) is 19.9. The minimum atomic E-state index is -4.59. The Bertz CT molecular complexity index is 1080. The molecule has 0 saturated carbocycles. The van der Waals surface area contributed by atoms with E-state index in [4.69, 9.17) is 26.2 Å². The van der Waals surface area contributed by atoms with Crippen molar-refractivity contribution in [2.75, 3.05) is 13.7 Å². The van der Waals surface area contributed by atoms with Crippen LogP contribution >= 0.6 is 11.6 Å². The molecule has 1 aliphatic rings. The van der Waals surface area contributed by atoms with Gasteiger partial charge < -0.3 is 9.47 Å². The van der Waals surface area contributed by atoms with Gasteiger partial charge in [-0.1, -0.05) is 17.7 Å². The van der Waals surface area contributed by atoms with Crippen LogP contribution in [0.15, 0.2) is 35.2 Å². The lowest BCUT2D eigenvalue weighted by atomic mass is 9.96. The van der Waals surface area contributed by atoms with Crippen molar-refractivity contribution >= 4 is 38.7 Å². The summed E-state index contributed by atoms with van der Waals surface area (Å²) in [6.45, 7) is -0.243. The van der Waals surface area contributed by atoms with Crippen molar-refractivity contribution < 1.29 is 31.5 Å². The number of rotatable bonds is 4. The molecule has 1 heterocycles. The van der Waals surface area contributed by atoms with Gasteiger partial charge in [-0.3, -0.25) is 0 Å². The summed E-state index contributed by atoms with van der Waals surface area (Å²) in [7, 11) is -3.20. The van der Waals surface area contributed by atoms with E-state index < -0.39 is 32.5 Å². The molecule has 0 unspecified atom stereocenters. The second-order valence-electron chi connectivity index (χ2n) is 5.59. The molecule has 0 aromatic heterocycles. The standard InChI is InChI=1S/C17H12ClF2NO5S/c1-25-14-6-8(2-3-11(14)18)15-10(7-26-17(15)22)9-4-12(19)16(13(20)5-9)27(21,23)24/h2-6H,7H2,1H3,(H2,21,23,24). The molecular formula is C17H12ClF2NO5S. The molecule has 142 valence electrons. The third-order valence-electron chi connectivity index (χ3n) is 3.92. The summed E-state index contributed by atoms with van der Waals surface area (Å²) in [6, 6.07) is 6.08. The summed E-state index contributed by atoms with van der Waals surface area (Å²) in [5, 5.41) is 5.13. The molecule has 6 nitrogen and oxygen atoms in total.